The van der Waals surface area contributed by atoms with Crippen molar-refractivity contribution in [1.82, 2.24) is 5.32 Å². The van der Waals surface area contributed by atoms with E-state index in [2.05, 4.69) is 21.2 Å². The maximum Gasteiger partial charge on any atom is 0.407 e. The van der Waals surface area contributed by atoms with Gasteiger partial charge in [0.2, 0.25) is 0 Å². The number of esters is 1. The van der Waals surface area contributed by atoms with Crippen LogP contribution in [-0.4, -0.2) is 45.3 Å². The van der Waals surface area contributed by atoms with Gasteiger partial charge in [-0.3, -0.25) is 8.98 Å². The first kappa shape index (κ1) is 35.5. The maximum absolute atomic E-state index is 14.4. The van der Waals surface area contributed by atoms with E-state index in [9.17, 15) is 22.4 Å². The van der Waals surface area contributed by atoms with Crippen molar-refractivity contribution >= 4 is 49.7 Å². The van der Waals surface area contributed by atoms with Crippen molar-refractivity contribution in [2.24, 2.45) is 5.92 Å². The molecule has 12 heteroatoms. The van der Waals surface area contributed by atoms with Gasteiger partial charge < -0.3 is 14.8 Å². The molecule has 0 saturated carbocycles. The molecule has 1 amide bonds. The quantitative estimate of drug-likeness (QED) is 0.143. The van der Waals surface area contributed by atoms with Crippen molar-refractivity contribution in [1.29, 1.82) is 0 Å². The Morgan fingerprint density at radius 1 is 1.02 bits per heavy atom. The molecule has 0 spiro atoms. The molecule has 0 heterocycles. The minimum atomic E-state index is -4.06. The van der Waals surface area contributed by atoms with E-state index in [4.69, 9.17) is 25.3 Å². The van der Waals surface area contributed by atoms with Crippen LogP contribution in [0.2, 0.25) is 5.02 Å². The lowest BCUT2D eigenvalue weighted by molar-refractivity contribution is -0.149. The average molecular weight is 713 g/mol. The van der Waals surface area contributed by atoms with Gasteiger partial charge in [-0.15, -0.1) is 0 Å². The highest BCUT2D eigenvalue weighted by molar-refractivity contribution is 9.10. The molecule has 3 aromatic rings. The molecule has 0 radical (unpaired) electrons. The molecule has 0 fully saturated rings. The van der Waals surface area contributed by atoms with E-state index >= 15 is 0 Å². The van der Waals surface area contributed by atoms with E-state index in [0.717, 1.165) is 5.56 Å². The van der Waals surface area contributed by atoms with Gasteiger partial charge in [-0.05, 0) is 101 Å². The van der Waals surface area contributed by atoms with Gasteiger partial charge in [-0.1, -0.05) is 51.8 Å². The van der Waals surface area contributed by atoms with Gasteiger partial charge in [0.15, 0.2) is 0 Å². The number of amides is 1. The number of hydrogen-bond donors (Lipinski definition) is 1. The summed E-state index contributed by atoms with van der Waals surface area (Å²) in [5.74, 6) is -1.75. The molecule has 238 valence electrons. The largest absolute Gasteiger partial charge is 0.466 e. The Hall–Kier alpha value is -2.99. The summed E-state index contributed by atoms with van der Waals surface area (Å²) in [6, 6.07) is 16.8. The molecule has 0 bridgehead atoms. The standard InChI is InChI=1S/C32H36BrClFNO7S/c1-5-41-30(37)23(16-17-42-44(39,40)27-13-10-24(33)11-14-27)19-26(36-31(38)43-32(2,3)4)18-21-6-8-22(9-7-21)28-20-25(34)12-15-29(28)35/h6-15,20,23,26H,5,16-19H2,1-4H3,(H,36,38)/t23-,26-/m1/s1. The van der Waals surface area contributed by atoms with Crippen LogP contribution in [0, 0.1) is 11.7 Å². The van der Waals surface area contributed by atoms with Gasteiger partial charge in [0, 0.05) is 21.1 Å². The monoisotopic (exact) mass is 711 g/mol. The second-order valence-electron chi connectivity index (χ2n) is 11.1. The molecule has 0 aliphatic rings. The summed E-state index contributed by atoms with van der Waals surface area (Å²) in [7, 11) is -4.06. The van der Waals surface area contributed by atoms with Crippen molar-refractivity contribution in [3.63, 3.8) is 0 Å². The molecule has 8 nitrogen and oxygen atoms in total. The van der Waals surface area contributed by atoms with Crippen LogP contribution in [0.5, 0.6) is 0 Å². The van der Waals surface area contributed by atoms with Crippen molar-refractivity contribution in [3.8, 4) is 11.1 Å². The first-order valence-corrected chi connectivity index (χ1v) is 16.6. The summed E-state index contributed by atoms with van der Waals surface area (Å²) in [5.41, 5.74) is 1.02. The highest BCUT2D eigenvalue weighted by atomic mass is 79.9. The number of alkyl carbamates (subject to hydrolysis) is 1. The SMILES string of the molecule is CCOC(=O)[C@H](CCOS(=O)(=O)c1ccc(Br)cc1)C[C@@H](Cc1ccc(-c2cc(Cl)ccc2F)cc1)NC(=O)OC(C)(C)C. The van der Waals surface area contributed by atoms with Crippen LogP contribution in [0.15, 0.2) is 76.1 Å². The molecule has 3 aromatic carbocycles. The molecule has 0 aromatic heterocycles. The third-order valence-corrected chi connectivity index (χ3v) is 8.48. The third kappa shape index (κ3) is 11.2. The van der Waals surface area contributed by atoms with Crippen LogP contribution in [-0.2, 0) is 35.0 Å². The molecule has 0 unspecified atom stereocenters. The lowest BCUT2D eigenvalue weighted by atomic mass is 9.92. The number of carbonyl (C=O) groups excluding carboxylic acids is 2. The zero-order valence-electron chi connectivity index (χ0n) is 24.9. The Labute approximate surface area is 271 Å². The van der Waals surface area contributed by atoms with Gasteiger partial charge in [0.1, 0.15) is 11.4 Å². The van der Waals surface area contributed by atoms with Crippen LogP contribution in [0.1, 0.15) is 46.1 Å². The fourth-order valence-electron chi connectivity index (χ4n) is 4.40. The molecule has 0 aliphatic carbocycles. The maximum atomic E-state index is 14.4. The Bertz CT molecular complexity index is 1530. The lowest BCUT2D eigenvalue weighted by Crippen LogP contribution is -2.42. The lowest BCUT2D eigenvalue weighted by Gasteiger charge is -2.26. The van der Waals surface area contributed by atoms with E-state index < -0.39 is 45.6 Å². The first-order chi connectivity index (χ1) is 20.7. The van der Waals surface area contributed by atoms with Crippen LogP contribution in [0.3, 0.4) is 0 Å². The van der Waals surface area contributed by atoms with Crippen molar-refractivity contribution in [3.05, 3.63) is 87.6 Å². The van der Waals surface area contributed by atoms with E-state index in [0.29, 0.717) is 27.0 Å². The van der Waals surface area contributed by atoms with Gasteiger partial charge in [-0.25, -0.2) is 9.18 Å². The minimum Gasteiger partial charge on any atom is -0.466 e. The smallest absolute Gasteiger partial charge is 0.407 e. The summed E-state index contributed by atoms with van der Waals surface area (Å²) in [4.78, 5) is 25.7. The summed E-state index contributed by atoms with van der Waals surface area (Å²) in [6.45, 7) is 6.73. The van der Waals surface area contributed by atoms with Crippen LogP contribution in [0.4, 0.5) is 9.18 Å². The minimum absolute atomic E-state index is 0.0149. The number of carbonyl (C=O) groups is 2. The average Bonchev–Trinajstić information content (AvgIpc) is 2.93. The van der Waals surface area contributed by atoms with E-state index in [1.807, 2.05) is 0 Å². The van der Waals surface area contributed by atoms with Crippen molar-refractivity contribution < 1.29 is 36.1 Å². The Kier molecular flexibility index (Phi) is 12.8. The van der Waals surface area contributed by atoms with Gasteiger partial charge >= 0.3 is 12.1 Å². The molecule has 3 rings (SSSR count). The second kappa shape index (κ2) is 15.8. The second-order valence-corrected chi connectivity index (χ2v) is 14.0. The Balaban J connectivity index is 1.79. The summed E-state index contributed by atoms with van der Waals surface area (Å²) >= 11 is 9.32. The summed E-state index contributed by atoms with van der Waals surface area (Å²) in [5, 5.41) is 3.25. The van der Waals surface area contributed by atoms with Crippen LogP contribution >= 0.6 is 27.5 Å². The highest BCUT2D eigenvalue weighted by Gasteiger charge is 2.28. The third-order valence-electron chi connectivity index (χ3n) is 6.39. The fourth-order valence-corrected chi connectivity index (χ4v) is 5.75. The van der Waals surface area contributed by atoms with E-state index in [-0.39, 0.29) is 31.0 Å². The van der Waals surface area contributed by atoms with Gasteiger partial charge in [0.25, 0.3) is 10.1 Å². The van der Waals surface area contributed by atoms with Gasteiger partial charge in [0.05, 0.1) is 24.0 Å². The number of nitrogens with one attached hydrogen (secondary N) is 1. The Morgan fingerprint density at radius 3 is 2.30 bits per heavy atom. The number of rotatable bonds is 13. The van der Waals surface area contributed by atoms with E-state index in [1.54, 1.807) is 70.2 Å². The first-order valence-electron chi connectivity index (χ1n) is 14.0. The molecule has 0 aliphatic heterocycles. The number of ether oxygens (including phenoxy) is 2. The van der Waals surface area contributed by atoms with Crippen LogP contribution < -0.4 is 5.32 Å². The molecule has 0 saturated heterocycles. The van der Waals surface area contributed by atoms with Crippen LogP contribution in [0.25, 0.3) is 11.1 Å². The normalized spacial score (nSPS) is 13.2. The summed E-state index contributed by atoms with van der Waals surface area (Å²) in [6.07, 6.45) is -0.235. The van der Waals surface area contributed by atoms with Crippen molar-refractivity contribution in [2.75, 3.05) is 13.2 Å². The topological polar surface area (TPSA) is 108 Å². The predicted molar refractivity (Wildman–Crippen MR) is 170 cm³/mol. The molecule has 44 heavy (non-hydrogen) atoms. The zero-order chi connectivity index (χ0) is 32.5. The van der Waals surface area contributed by atoms with Gasteiger partial charge in [-0.2, -0.15) is 8.42 Å². The predicted octanol–water partition coefficient (Wildman–Crippen LogP) is 7.71. The molecule has 1 N–H and O–H groups in total. The molecule has 2 atom stereocenters. The fraction of sp³-hybridized carbons (Fsp3) is 0.375. The molecular formula is C32H36BrClFNO7S. The summed E-state index contributed by atoms with van der Waals surface area (Å²) < 4.78 is 56.4. The van der Waals surface area contributed by atoms with Crippen molar-refractivity contribution in [2.45, 2.75) is 63.5 Å². The van der Waals surface area contributed by atoms with E-state index in [1.165, 1.54) is 24.3 Å². The molecular weight excluding hydrogens is 677 g/mol. The number of hydrogen-bond acceptors (Lipinski definition) is 7. The zero-order valence-corrected chi connectivity index (χ0v) is 28.1. The Morgan fingerprint density at radius 2 is 1.68 bits per heavy atom. The number of benzene rings is 3. The highest BCUT2D eigenvalue weighted by Crippen LogP contribution is 2.27. The number of halogens is 3.